The number of carbonyl (C=O) groups is 1. The monoisotopic (exact) mass is 246 g/mol. The third kappa shape index (κ3) is 1.96. The van der Waals surface area contributed by atoms with Gasteiger partial charge < -0.3 is 0 Å². The predicted octanol–water partition coefficient (Wildman–Crippen LogP) is 3.84. The van der Waals surface area contributed by atoms with Gasteiger partial charge in [0.1, 0.15) is 0 Å². The lowest BCUT2D eigenvalue weighted by Crippen LogP contribution is -1.84. The lowest BCUT2D eigenvalue weighted by Gasteiger charge is -1.99. The standard InChI is InChI=1S/C9H11BrOS/c1-5(2)9-7(10)4-8(12-9)6(3)11/h4-5H,1-3H3. The summed E-state index contributed by atoms with van der Waals surface area (Å²) in [5.41, 5.74) is 0. The van der Waals surface area contributed by atoms with Crippen LogP contribution in [0.15, 0.2) is 10.5 Å². The van der Waals surface area contributed by atoms with Gasteiger partial charge in [0, 0.05) is 9.35 Å². The maximum absolute atomic E-state index is 11.0. The zero-order valence-electron chi connectivity index (χ0n) is 7.35. The number of rotatable bonds is 2. The first-order chi connectivity index (χ1) is 5.52. The maximum Gasteiger partial charge on any atom is 0.169 e. The van der Waals surface area contributed by atoms with Crippen LogP contribution in [0.3, 0.4) is 0 Å². The van der Waals surface area contributed by atoms with E-state index >= 15 is 0 Å². The van der Waals surface area contributed by atoms with Crippen molar-refractivity contribution in [2.24, 2.45) is 0 Å². The van der Waals surface area contributed by atoms with Gasteiger partial charge in [-0.15, -0.1) is 11.3 Å². The SMILES string of the molecule is CC(=O)c1cc(Br)c(C(C)C)s1. The van der Waals surface area contributed by atoms with Crippen molar-refractivity contribution in [2.75, 3.05) is 0 Å². The molecule has 1 aromatic rings. The Balaban J connectivity index is 3.09. The summed E-state index contributed by atoms with van der Waals surface area (Å²) in [6.07, 6.45) is 0. The Morgan fingerprint density at radius 1 is 1.58 bits per heavy atom. The van der Waals surface area contributed by atoms with Crippen LogP contribution in [0.5, 0.6) is 0 Å². The van der Waals surface area contributed by atoms with Crippen LogP contribution in [0.25, 0.3) is 0 Å². The zero-order valence-corrected chi connectivity index (χ0v) is 9.75. The number of thiophene rings is 1. The molecule has 3 heteroatoms. The van der Waals surface area contributed by atoms with E-state index in [0.29, 0.717) is 5.92 Å². The lowest BCUT2D eigenvalue weighted by molar-refractivity contribution is 0.102. The summed E-state index contributed by atoms with van der Waals surface area (Å²) in [4.78, 5) is 13.1. The third-order valence-corrected chi connectivity index (χ3v) is 4.04. The van der Waals surface area contributed by atoms with E-state index in [1.54, 1.807) is 18.3 Å². The van der Waals surface area contributed by atoms with Crippen LogP contribution in [-0.4, -0.2) is 5.78 Å². The molecule has 0 amide bonds. The van der Waals surface area contributed by atoms with Gasteiger partial charge >= 0.3 is 0 Å². The summed E-state index contributed by atoms with van der Waals surface area (Å²) in [5, 5.41) is 0. The van der Waals surface area contributed by atoms with Crippen LogP contribution < -0.4 is 0 Å². The van der Waals surface area contributed by atoms with Gasteiger partial charge in [0.2, 0.25) is 0 Å². The minimum absolute atomic E-state index is 0.146. The molecule has 0 N–H and O–H groups in total. The molecule has 1 rings (SSSR count). The molecule has 0 aromatic carbocycles. The molecular formula is C9H11BrOS. The van der Waals surface area contributed by atoms with Crippen LogP contribution >= 0.6 is 27.3 Å². The van der Waals surface area contributed by atoms with Crippen LogP contribution in [0.4, 0.5) is 0 Å². The Hall–Kier alpha value is -0.150. The fourth-order valence-electron chi connectivity index (χ4n) is 0.950. The Labute approximate surface area is 84.9 Å². The molecule has 0 radical (unpaired) electrons. The molecule has 1 aromatic heterocycles. The fourth-order valence-corrected chi connectivity index (χ4v) is 2.98. The molecule has 1 nitrogen and oxygen atoms in total. The van der Waals surface area contributed by atoms with Crippen LogP contribution in [0.1, 0.15) is 41.2 Å². The Kier molecular flexibility index (Phi) is 3.07. The van der Waals surface area contributed by atoms with E-state index in [0.717, 1.165) is 9.35 Å². The maximum atomic E-state index is 11.0. The number of halogens is 1. The van der Waals surface area contributed by atoms with Crippen LogP contribution in [0.2, 0.25) is 0 Å². The molecule has 0 aliphatic rings. The van der Waals surface area contributed by atoms with E-state index in [2.05, 4.69) is 29.8 Å². The number of carbonyl (C=O) groups excluding carboxylic acids is 1. The van der Waals surface area contributed by atoms with E-state index in [-0.39, 0.29) is 5.78 Å². The first-order valence-corrected chi connectivity index (χ1v) is 5.43. The number of Topliss-reactive ketones (excluding diaryl/α,β-unsaturated/α-hetero) is 1. The average molecular weight is 247 g/mol. The quantitative estimate of drug-likeness (QED) is 0.726. The summed E-state index contributed by atoms with van der Waals surface area (Å²) in [6, 6.07) is 1.91. The summed E-state index contributed by atoms with van der Waals surface area (Å²) in [7, 11) is 0. The number of hydrogen-bond acceptors (Lipinski definition) is 2. The highest BCUT2D eigenvalue weighted by Crippen LogP contribution is 2.33. The van der Waals surface area contributed by atoms with Crippen molar-refractivity contribution < 1.29 is 4.79 Å². The second-order valence-corrected chi connectivity index (χ2v) is 4.97. The van der Waals surface area contributed by atoms with Crippen molar-refractivity contribution in [3.8, 4) is 0 Å². The third-order valence-electron chi connectivity index (χ3n) is 1.58. The van der Waals surface area contributed by atoms with Crippen LogP contribution in [-0.2, 0) is 0 Å². The molecular weight excluding hydrogens is 236 g/mol. The van der Waals surface area contributed by atoms with Gasteiger partial charge in [0.05, 0.1) is 4.88 Å². The van der Waals surface area contributed by atoms with Gasteiger partial charge in [0.25, 0.3) is 0 Å². The van der Waals surface area contributed by atoms with Gasteiger partial charge in [-0.05, 0) is 34.8 Å². The highest BCUT2D eigenvalue weighted by atomic mass is 79.9. The molecule has 12 heavy (non-hydrogen) atoms. The van der Waals surface area contributed by atoms with Crippen molar-refractivity contribution in [3.63, 3.8) is 0 Å². The van der Waals surface area contributed by atoms with Crippen molar-refractivity contribution in [1.82, 2.24) is 0 Å². The molecule has 0 aliphatic heterocycles. The zero-order chi connectivity index (χ0) is 9.30. The van der Waals surface area contributed by atoms with Gasteiger partial charge in [0.15, 0.2) is 5.78 Å². The molecule has 0 bridgehead atoms. The highest BCUT2D eigenvalue weighted by molar-refractivity contribution is 9.10. The first-order valence-electron chi connectivity index (χ1n) is 3.82. The first kappa shape index (κ1) is 9.93. The minimum Gasteiger partial charge on any atom is -0.294 e. The molecule has 0 fully saturated rings. The minimum atomic E-state index is 0.146. The van der Waals surface area contributed by atoms with E-state index in [1.165, 1.54) is 4.88 Å². The van der Waals surface area contributed by atoms with Gasteiger partial charge in [-0.2, -0.15) is 0 Å². The van der Waals surface area contributed by atoms with E-state index in [9.17, 15) is 4.79 Å². The van der Waals surface area contributed by atoms with Crippen molar-refractivity contribution in [3.05, 3.63) is 20.3 Å². The van der Waals surface area contributed by atoms with Crippen molar-refractivity contribution in [2.45, 2.75) is 26.7 Å². The second-order valence-electron chi connectivity index (χ2n) is 3.03. The van der Waals surface area contributed by atoms with E-state index < -0.39 is 0 Å². The van der Waals surface area contributed by atoms with Crippen molar-refractivity contribution in [1.29, 1.82) is 0 Å². The van der Waals surface area contributed by atoms with Crippen molar-refractivity contribution >= 4 is 33.0 Å². The smallest absolute Gasteiger partial charge is 0.169 e. The van der Waals surface area contributed by atoms with Crippen LogP contribution in [0, 0.1) is 0 Å². The highest BCUT2D eigenvalue weighted by Gasteiger charge is 2.11. The van der Waals surface area contributed by atoms with Gasteiger partial charge in [-0.25, -0.2) is 0 Å². The number of hydrogen-bond donors (Lipinski definition) is 0. The topological polar surface area (TPSA) is 17.1 Å². The molecule has 1 heterocycles. The normalized spacial score (nSPS) is 10.8. The predicted molar refractivity (Wildman–Crippen MR) is 56.1 cm³/mol. The fraction of sp³-hybridized carbons (Fsp3) is 0.444. The summed E-state index contributed by atoms with van der Waals surface area (Å²) in [5.74, 6) is 0.630. The number of ketones is 1. The van der Waals surface area contributed by atoms with E-state index in [4.69, 9.17) is 0 Å². The van der Waals surface area contributed by atoms with E-state index in [1.807, 2.05) is 6.07 Å². The Bertz CT molecular complexity index is 301. The molecule has 0 unspecified atom stereocenters. The Morgan fingerprint density at radius 2 is 2.17 bits per heavy atom. The molecule has 0 atom stereocenters. The molecule has 0 aliphatic carbocycles. The molecule has 0 saturated carbocycles. The summed E-state index contributed by atoms with van der Waals surface area (Å²) < 4.78 is 1.06. The molecule has 0 saturated heterocycles. The second kappa shape index (κ2) is 3.71. The van der Waals surface area contributed by atoms with Gasteiger partial charge in [-0.1, -0.05) is 13.8 Å². The van der Waals surface area contributed by atoms with Gasteiger partial charge in [-0.3, -0.25) is 4.79 Å². The average Bonchev–Trinajstić information content (AvgIpc) is 2.30. The molecule has 0 spiro atoms. The summed E-state index contributed by atoms with van der Waals surface area (Å²) in [6.45, 7) is 5.85. The largest absolute Gasteiger partial charge is 0.294 e. The lowest BCUT2D eigenvalue weighted by atomic mass is 10.2. The summed E-state index contributed by atoms with van der Waals surface area (Å²) >= 11 is 5.02. The Morgan fingerprint density at radius 3 is 2.42 bits per heavy atom. The molecule has 66 valence electrons.